The topological polar surface area (TPSA) is 74.2 Å². The van der Waals surface area contributed by atoms with Gasteiger partial charge in [0.1, 0.15) is 0 Å². The lowest BCUT2D eigenvalue weighted by Gasteiger charge is -2.13. The quantitative estimate of drug-likeness (QED) is 0.926. The van der Waals surface area contributed by atoms with Gasteiger partial charge in [-0.2, -0.15) is 4.98 Å². The molecule has 5 heteroatoms. The Morgan fingerprint density at radius 2 is 2.05 bits per heavy atom. The molecule has 5 nitrogen and oxygen atoms in total. The molecule has 1 aromatic carbocycles. The summed E-state index contributed by atoms with van der Waals surface area (Å²) >= 11 is 0. The SMILES string of the molecule is NCc1ccc(-c2noc(C3CC4CCC3O4)n2)cc1. The number of nitrogens with two attached hydrogens (primary N) is 1. The second-order valence-corrected chi connectivity index (χ2v) is 5.57. The van der Waals surface area contributed by atoms with Crippen molar-refractivity contribution in [2.75, 3.05) is 0 Å². The van der Waals surface area contributed by atoms with Gasteiger partial charge in [0.15, 0.2) is 0 Å². The van der Waals surface area contributed by atoms with Crippen molar-refractivity contribution in [3.8, 4) is 11.4 Å². The first kappa shape index (κ1) is 12.1. The molecule has 1 aromatic heterocycles. The Balaban J connectivity index is 1.58. The number of benzene rings is 1. The average Bonchev–Trinajstić information content (AvgIpc) is 3.23. The van der Waals surface area contributed by atoms with Gasteiger partial charge in [0.2, 0.25) is 11.7 Å². The van der Waals surface area contributed by atoms with Crippen molar-refractivity contribution in [1.82, 2.24) is 10.1 Å². The molecular weight excluding hydrogens is 254 g/mol. The number of hydrogen-bond acceptors (Lipinski definition) is 5. The van der Waals surface area contributed by atoms with E-state index < -0.39 is 0 Å². The highest BCUT2D eigenvalue weighted by molar-refractivity contribution is 5.54. The first-order valence-corrected chi connectivity index (χ1v) is 7.12. The van der Waals surface area contributed by atoms with Gasteiger partial charge < -0.3 is 15.0 Å². The molecule has 0 spiro atoms. The number of aromatic nitrogens is 2. The van der Waals surface area contributed by atoms with E-state index in [9.17, 15) is 0 Å². The molecular formula is C15H17N3O2. The van der Waals surface area contributed by atoms with E-state index in [4.69, 9.17) is 15.0 Å². The maximum Gasteiger partial charge on any atom is 0.232 e. The van der Waals surface area contributed by atoms with Gasteiger partial charge in [-0.15, -0.1) is 0 Å². The van der Waals surface area contributed by atoms with Crippen LogP contribution in [0.15, 0.2) is 28.8 Å². The van der Waals surface area contributed by atoms with Crippen LogP contribution >= 0.6 is 0 Å². The third kappa shape index (κ3) is 1.94. The minimum Gasteiger partial charge on any atom is -0.374 e. The summed E-state index contributed by atoms with van der Waals surface area (Å²) in [6.45, 7) is 0.542. The molecule has 20 heavy (non-hydrogen) atoms. The summed E-state index contributed by atoms with van der Waals surface area (Å²) in [5, 5.41) is 4.10. The largest absolute Gasteiger partial charge is 0.374 e. The summed E-state index contributed by atoms with van der Waals surface area (Å²) in [5.41, 5.74) is 7.65. The first-order chi connectivity index (χ1) is 9.83. The Bertz CT molecular complexity index is 608. The molecule has 3 heterocycles. The van der Waals surface area contributed by atoms with Gasteiger partial charge in [0, 0.05) is 12.1 Å². The molecule has 2 bridgehead atoms. The van der Waals surface area contributed by atoms with Crippen molar-refractivity contribution in [2.24, 2.45) is 5.73 Å². The summed E-state index contributed by atoms with van der Waals surface area (Å²) in [6, 6.07) is 7.94. The zero-order chi connectivity index (χ0) is 13.5. The standard InChI is InChI=1S/C15H17N3O2/c16-8-9-1-3-10(4-2-9)14-17-15(20-18-14)12-7-11-5-6-13(12)19-11/h1-4,11-13H,5-8,16H2. The highest BCUT2D eigenvalue weighted by atomic mass is 16.5. The monoisotopic (exact) mass is 271 g/mol. The molecule has 2 N–H and O–H groups in total. The fraction of sp³-hybridized carbons (Fsp3) is 0.467. The van der Waals surface area contributed by atoms with Crippen LogP contribution in [0.5, 0.6) is 0 Å². The smallest absolute Gasteiger partial charge is 0.232 e. The van der Waals surface area contributed by atoms with E-state index in [2.05, 4.69) is 10.1 Å². The number of nitrogens with zero attached hydrogens (tertiary/aromatic N) is 2. The molecule has 104 valence electrons. The molecule has 0 aliphatic carbocycles. The molecule has 3 atom stereocenters. The zero-order valence-corrected chi connectivity index (χ0v) is 11.2. The number of fused-ring (bicyclic) bond motifs is 2. The van der Waals surface area contributed by atoms with E-state index in [0.29, 0.717) is 18.5 Å². The minimum absolute atomic E-state index is 0.271. The van der Waals surface area contributed by atoms with E-state index in [1.165, 1.54) is 6.42 Å². The molecule has 0 radical (unpaired) electrons. The van der Waals surface area contributed by atoms with Gasteiger partial charge in [-0.05, 0) is 24.8 Å². The summed E-state index contributed by atoms with van der Waals surface area (Å²) in [4.78, 5) is 4.55. The molecule has 2 saturated heterocycles. The third-order valence-corrected chi connectivity index (χ3v) is 4.31. The summed E-state index contributed by atoms with van der Waals surface area (Å²) in [6.07, 6.45) is 3.96. The van der Waals surface area contributed by atoms with Crippen molar-refractivity contribution in [3.63, 3.8) is 0 Å². The van der Waals surface area contributed by atoms with Gasteiger partial charge in [0.05, 0.1) is 18.1 Å². The molecule has 2 fully saturated rings. The van der Waals surface area contributed by atoms with Crippen LogP contribution in [-0.4, -0.2) is 22.3 Å². The van der Waals surface area contributed by atoms with Crippen molar-refractivity contribution in [1.29, 1.82) is 0 Å². The fourth-order valence-electron chi connectivity index (χ4n) is 3.19. The zero-order valence-electron chi connectivity index (χ0n) is 11.2. The summed E-state index contributed by atoms with van der Waals surface area (Å²) in [7, 11) is 0. The lowest BCUT2D eigenvalue weighted by atomic mass is 9.89. The molecule has 2 aromatic rings. The van der Waals surface area contributed by atoms with Crippen molar-refractivity contribution in [2.45, 2.75) is 43.9 Å². The Hall–Kier alpha value is -1.72. The molecule has 0 amide bonds. The Morgan fingerprint density at radius 1 is 1.20 bits per heavy atom. The van der Waals surface area contributed by atoms with Gasteiger partial charge in [-0.25, -0.2) is 0 Å². The van der Waals surface area contributed by atoms with Crippen molar-refractivity contribution in [3.05, 3.63) is 35.7 Å². The normalized spacial score (nSPS) is 28.1. The van der Waals surface area contributed by atoms with Crippen LogP contribution < -0.4 is 5.73 Å². The number of hydrogen-bond donors (Lipinski definition) is 1. The Labute approximate surface area is 117 Å². The second kappa shape index (κ2) is 4.68. The average molecular weight is 271 g/mol. The summed E-state index contributed by atoms with van der Waals surface area (Å²) in [5.74, 6) is 1.64. The molecule has 0 saturated carbocycles. The maximum absolute atomic E-state index is 5.84. The lowest BCUT2D eigenvalue weighted by molar-refractivity contribution is 0.0974. The molecule has 2 aliphatic heterocycles. The lowest BCUT2D eigenvalue weighted by Crippen LogP contribution is -2.14. The Morgan fingerprint density at radius 3 is 2.70 bits per heavy atom. The van der Waals surface area contributed by atoms with Crippen LogP contribution in [0.3, 0.4) is 0 Å². The molecule has 4 rings (SSSR count). The van der Waals surface area contributed by atoms with Crippen molar-refractivity contribution >= 4 is 0 Å². The maximum atomic E-state index is 5.84. The second-order valence-electron chi connectivity index (χ2n) is 5.57. The number of ether oxygens (including phenoxy) is 1. The Kier molecular flexibility index (Phi) is 2.82. The third-order valence-electron chi connectivity index (χ3n) is 4.31. The van der Waals surface area contributed by atoms with Gasteiger partial charge >= 0.3 is 0 Å². The van der Waals surface area contributed by atoms with Gasteiger partial charge in [-0.3, -0.25) is 0 Å². The first-order valence-electron chi connectivity index (χ1n) is 7.12. The van der Waals surface area contributed by atoms with Crippen LogP contribution in [0.1, 0.15) is 36.6 Å². The highest BCUT2D eigenvalue weighted by Gasteiger charge is 2.44. The fourth-order valence-corrected chi connectivity index (χ4v) is 3.19. The minimum atomic E-state index is 0.271. The van der Waals surface area contributed by atoms with Crippen molar-refractivity contribution < 1.29 is 9.26 Å². The van der Waals surface area contributed by atoms with E-state index >= 15 is 0 Å². The van der Waals surface area contributed by atoms with Crippen LogP contribution in [0.2, 0.25) is 0 Å². The number of rotatable bonds is 3. The van der Waals surface area contributed by atoms with Crippen LogP contribution in [0.4, 0.5) is 0 Å². The van der Waals surface area contributed by atoms with E-state index in [0.717, 1.165) is 29.9 Å². The van der Waals surface area contributed by atoms with E-state index in [-0.39, 0.29) is 12.0 Å². The van der Waals surface area contributed by atoms with Crippen LogP contribution in [0, 0.1) is 0 Å². The van der Waals surface area contributed by atoms with Gasteiger partial charge in [0.25, 0.3) is 0 Å². The highest BCUT2D eigenvalue weighted by Crippen LogP contribution is 2.44. The van der Waals surface area contributed by atoms with E-state index in [1.54, 1.807) is 0 Å². The predicted molar refractivity (Wildman–Crippen MR) is 72.9 cm³/mol. The summed E-state index contributed by atoms with van der Waals surface area (Å²) < 4.78 is 11.3. The predicted octanol–water partition coefficient (Wildman–Crippen LogP) is 2.23. The van der Waals surface area contributed by atoms with Crippen LogP contribution in [0.25, 0.3) is 11.4 Å². The van der Waals surface area contributed by atoms with Gasteiger partial charge in [-0.1, -0.05) is 29.4 Å². The molecule has 2 aliphatic rings. The molecule has 3 unspecified atom stereocenters. The van der Waals surface area contributed by atoms with Crippen LogP contribution in [-0.2, 0) is 11.3 Å². The van der Waals surface area contributed by atoms with E-state index in [1.807, 2.05) is 24.3 Å².